The number of aliphatic hydroxyl groups is 8. The minimum Gasteiger partial charge on any atom is -0.478 e. The van der Waals surface area contributed by atoms with E-state index in [1.165, 1.54) is 31.4 Å². The second-order valence-corrected chi connectivity index (χ2v) is 8.32. The van der Waals surface area contributed by atoms with Crippen LogP contribution in [0.5, 0.6) is 0 Å². The molecule has 1 aromatic rings. The van der Waals surface area contributed by atoms with Gasteiger partial charge in [0.25, 0.3) is 0 Å². The van der Waals surface area contributed by atoms with E-state index in [0.717, 1.165) is 32.1 Å². The molecule has 226 valence electrons. The Bertz CT molecular complexity index is 622. The lowest BCUT2D eigenvalue weighted by molar-refractivity contribution is 0.0600. The van der Waals surface area contributed by atoms with Gasteiger partial charge >= 0.3 is 11.9 Å². The fourth-order valence-electron chi connectivity index (χ4n) is 1.64. The van der Waals surface area contributed by atoms with Gasteiger partial charge in [0.2, 0.25) is 0 Å². The number of rotatable bonds is 13. The van der Waals surface area contributed by atoms with Crippen LogP contribution in [0, 0.1) is 5.41 Å². The van der Waals surface area contributed by atoms with Crippen molar-refractivity contribution in [2.75, 3.05) is 60.0 Å². The van der Waals surface area contributed by atoms with Crippen molar-refractivity contribution in [2.24, 2.45) is 5.41 Å². The molecule has 0 amide bonds. The Morgan fingerprint density at radius 1 is 0.658 bits per heavy atom. The van der Waals surface area contributed by atoms with E-state index < -0.39 is 11.9 Å². The zero-order valence-corrected chi connectivity index (χ0v) is 23.0. The predicted octanol–water partition coefficient (Wildman–Crippen LogP) is 0.422. The highest BCUT2D eigenvalue weighted by molar-refractivity contribution is 5.94. The van der Waals surface area contributed by atoms with Crippen LogP contribution in [0.3, 0.4) is 0 Å². The van der Waals surface area contributed by atoms with Gasteiger partial charge in [-0.1, -0.05) is 19.9 Å². The molecule has 0 unspecified atom stereocenters. The number of carbonyl (C=O) groups excluding carboxylic acids is 1. The molecule has 0 aliphatic rings. The number of esters is 1. The topological polar surface area (TPSA) is 225 Å². The van der Waals surface area contributed by atoms with Crippen LogP contribution < -0.4 is 0 Å². The first kappa shape index (κ1) is 42.9. The van der Waals surface area contributed by atoms with E-state index in [-0.39, 0.29) is 69.4 Å². The maximum absolute atomic E-state index is 11.0. The Balaban J connectivity index is -0.000000201. The fraction of sp³-hybridized carbons (Fsp3) is 0.692. The van der Waals surface area contributed by atoms with Crippen molar-refractivity contribution >= 4 is 11.9 Å². The molecule has 0 saturated carbocycles. The third-order valence-corrected chi connectivity index (χ3v) is 4.09. The Kier molecular flexibility index (Phi) is 37.1. The molecule has 0 radical (unpaired) electrons. The van der Waals surface area contributed by atoms with E-state index in [1.807, 2.05) is 0 Å². The Labute approximate surface area is 225 Å². The number of aliphatic hydroxyl groups excluding tert-OH is 8. The van der Waals surface area contributed by atoms with Crippen LogP contribution in [0.1, 0.15) is 73.1 Å². The maximum atomic E-state index is 11.0. The van der Waals surface area contributed by atoms with Crippen LogP contribution in [-0.2, 0) is 4.74 Å². The van der Waals surface area contributed by atoms with Crippen molar-refractivity contribution < 1.29 is 60.3 Å². The molecule has 1 aromatic carbocycles. The van der Waals surface area contributed by atoms with Crippen molar-refractivity contribution in [1.29, 1.82) is 0 Å². The Hall–Kier alpha value is -2.16. The van der Waals surface area contributed by atoms with Crippen LogP contribution >= 0.6 is 0 Å². The Morgan fingerprint density at radius 2 is 1.03 bits per heavy atom. The van der Waals surface area contributed by atoms with Gasteiger partial charge in [-0.05, 0) is 56.7 Å². The SMILES string of the molecule is CC(C)(CO)CO.COC(=O)c1cccc(C(=O)O)c1.OCCCCCO.OCCCCO.OCCCO. The molecule has 9 N–H and O–H groups in total. The summed E-state index contributed by atoms with van der Waals surface area (Å²) in [4.78, 5) is 21.5. The third-order valence-electron chi connectivity index (χ3n) is 4.09. The summed E-state index contributed by atoms with van der Waals surface area (Å²) in [5, 5.41) is 73.9. The molecular weight excluding hydrogens is 504 g/mol. The fourth-order valence-corrected chi connectivity index (χ4v) is 1.64. The zero-order valence-electron chi connectivity index (χ0n) is 23.0. The summed E-state index contributed by atoms with van der Waals surface area (Å²) >= 11 is 0. The van der Waals surface area contributed by atoms with Crippen LogP contribution in [0.25, 0.3) is 0 Å². The van der Waals surface area contributed by atoms with Gasteiger partial charge < -0.3 is 50.7 Å². The molecule has 0 fully saturated rings. The summed E-state index contributed by atoms with van der Waals surface area (Å²) in [7, 11) is 1.25. The van der Waals surface area contributed by atoms with Crippen LogP contribution in [-0.4, -0.2) is 118 Å². The zero-order chi connectivity index (χ0) is 30.2. The number of benzene rings is 1. The van der Waals surface area contributed by atoms with Crippen molar-refractivity contribution in [3.05, 3.63) is 35.4 Å². The molecular formula is C26H50O12. The highest BCUT2D eigenvalue weighted by Crippen LogP contribution is 2.10. The second-order valence-electron chi connectivity index (χ2n) is 8.32. The number of carboxylic acids is 1. The van der Waals surface area contributed by atoms with Gasteiger partial charge in [0.15, 0.2) is 0 Å². The van der Waals surface area contributed by atoms with Crippen molar-refractivity contribution in [1.82, 2.24) is 0 Å². The third kappa shape index (κ3) is 33.8. The lowest BCUT2D eigenvalue weighted by atomic mass is 9.97. The lowest BCUT2D eigenvalue weighted by Gasteiger charge is -2.16. The largest absolute Gasteiger partial charge is 0.478 e. The number of ether oxygens (including phenoxy) is 1. The quantitative estimate of drug-likeness (QED) is 0.119. The smallest absolute Gasteiger partial charge is 0.337 e. The monoisotopic (exact) mass is 554 g/mol. The number of hydrogen-bond acceptors (Lipinski definition) is 11. The first-order chi connectivity index (χ1) is 18.0. The van der Waals surface area contributed by atoms with E-state index in [2.05, 4.69) is 4.74 Å². The molecule has 38 heavy (non-hydrogen) atoms. The Morgan fingerprint density at radius 3 is 1.29 bits per heavy atom. The summed E-state index contributed by atoms with van der Waals surface area (Å²) in [6.45, 7) is 4.77. The molecule has 0 aliphatic carbocycles. The van der Waals surface area contributed by atoms with E-state index >= 15 is 0 Å². The van der Waals surface area contributed by atoms with Crippen LogP contribution in [0.2, 0.25) is 0 Å². The van der Waals surface area contributed by atoms with Crippen molar-refractivity contribution in [2.45, 2.75) is 52.4 Å². The number of unbranched alkanes of at least 4 members (excludes halogenated alkanes) is 3. The summed E-state index contributed by atoms with van der Waals surface area (Å²) in [5.74, 6) is -1.60. The molecule has 0 heterocycles. The van der Waals surface area contributed by atoms with Crippen LogP contribution in [0.4, 0.5) is 0 Å². The van der Waals surface area contributed by atoms with E-state index in [4.69, 9.17) is 46.0 Å². The highest BCUT2D eigenvalue weighted by atomic mass is 16.5. The van der Waals surface area contributed by atoms with Gasteiger partial charge in [0.1, 0.15) is 0 Å². The molecule has 0 spiro atoms. The number of aromatic carboxylic acids is 1. The van der Waals surface area contributed by atoms with Crippen molar-refractivity contribution in [3.8, 4) is 0 Å². The number of carboxylic acid groups (broad SMARTS) is 1. The molecule has 0 saturated heterocycles. The standard InChI is InChI=1S/C9H8O4.2C5H12O2.C4H10O2.C3H8O2/c1-13-9(12)7-4-2-3-6(5-7)8(10)11;1-5(2,3-6)4-7;6-4-2-1-3-5-7;5-3-1-2-4-6;4-2-1-3-5/h2-5H,1H3,(H,10,11);6-7H,3-4H2,1-2H3;6-7H,1-5H2;5-6H,1-4H2;4-5H,1-3H2. The summed E-state index contributed by atoms with van der Waals surface area (Å²) in [6.07, 6.45) is 4.52. The minimum atomic E-state index is -1.06. The average Bonchev–Trinajstić information content (AvgIpc) is 2.93. The average molecular weight is 555 g/mol. The molecule has 12 nitrogen and oxygen atoms in total. The maximum Gasteiger partial charge on any atom is 0.337 e. The van der Waals surface area contributed by atoms with E-state index in [9.17, 15) is 9.59 Å². The van der Waals surface area contributed by atoms with Gasteiger partial charge in [-0.2, -0.15) is 0 Å². The van der Waals surface area contributed by atoms with E-state index in [0.29, 0.717) is 6.42 Å². The summed E-state index contributed by atoms with van der Waals surface area (Å²) in [6, 6.07) is 5.68. The first-order valence-corrected chi connectivity index (χ1v) is 12.3. The highest BCUT2D eigenvalue weighted by Gasteiger charge is 2.13. The molecule has 0 aromatic heterocycles. The number of carbonyl (C=O) groups is 2. The van der Waals surface area contributed by atoms with Crippen molar-refractivity contribution in [3.63, 3.8) is 0 Å². The van der Waals surface area contributed by atoms with Gasteiger partial charge in [-0.25, -0.2) is 9.59 Å². The molecule has 12 heteroatoms. The van der Waals surface area contributed by atoms with Gasteiger partial charge in [-0.15, -0.1) is 0 Å². The molecule has 0 aliphatic heterocycles. The number of hydrogen-bond donors (Lipinski definition) is 9. The lowest BCUT2D eigenvalue weighted by Crippen LogP contribution is -2.20. The molecule has 1 rings (SSSR count). The predicted molar refractivity (Wildman–Crippen MR) is 143 cm³/mol. The number of methoxy groups -OCH3 is 1. The van der Waals surface area contributed by atoms with Crippen LogP contribution in [0.15, 0.2) is 24.3 Å². The summed E-state index contributed by atoms with van der Waals surface area (Å²) in [5.41, 5.74) is 0.00491. The minimum absolute atomic E-state index is 0.0451. The van der Waals surface area contributed by atoms with Gasteiger partial charge in [0.05, 0.1) is 31.5 Å². The van der Waals surface area contributed by atoms with Gasteiger partial charge in [0, 0.05) is 45.1 Å². The summed E-state index contributed by atoms with van der Waals surface area (Å²) < 4.78 is 4.44. The first-order valence-electron chi connectivity index (χ1n) is 12.3. The van der Waals surface area contributed by atoms with Gasteiger partial charge in [-0.3, -0.25) is 0 Å². The molecule has 0 atom stereocenters. The van der Waals surface area contributed by atoms with E-state index in [1.54, 1.807) is 13.8 Å². The second kappa shape index (κ2) is 32.9. The molecule has 0 bridgehead atoms. The normalized spacial score (nSPS) is 9.66.